The second-order valence-corrected chi connectivity index (χ2v) is 8.67. The summed E-state index contributed by atoms with van der Waals surface area (Å²) in [6.45, 7) is 3.83. The van der Waals surface area contributed by atoms with Gasteiger partial charge >= 0.3 is 5.97 Å². The molecule has 7 nitrogen and oxygen atoms in total. The molecule has 0 bridgehead atoms. The molecule has 1 aliphatic heterocycles. The second-order valence-electron chi connectivity index (χ2n) is 7.22. The minimum atomic E-state index is -0.380. The Morgan fingerprint density at radius 2 is 1.77 bits per heavy atom. The number of aromatic nitrogens is 2. The van der Waals surface area contributed by atoms with Crippen molar-refractivity contribution in [3.05, 3.63) is 70.9 Å². The number of thioether (sulfide) groups is 1. The van der Waals surface area contributed by atoms with Gasteiger partial charge in [0, 0.05) is 5.56 Å². The van der Waals surface area contributed by atoms with Crippen LogP contribution in [0, 0.1) is 6.92 Å². The van der Waals surface area contributed by atoms with Gasteiger partial charge in [0.1, 0.15) is 11.6 Å². The maximum Gasteiger partial charge on any atom is 0.337 e. The van der Waals surface area contributed by atoms with Crippen LogP contribution in [0.1, 0.15) is 39.4 Å². The van der Waals surface area contributed by atoms with Gasteiger partial charge in [-0.2, -0.15) is 5.10 Å². The third-order valence-electron chi connectivity index (χ3n) is 5.27. The second kappa shape index (κ2) is 8.47. The van der Waals surface area contributed by atoms with Gasteiger partial charge in [0.15, 0.2) is 0 Å². The lowest BCUT2D eigenvalue weighted by Crippen LogP contribution is -2.22. The molecule has 1 N–H and O–H groups in total. The van der Waals surface area contributed by atoms with Crippen molar-refractivity contribution < 1.29 is 19.1 Å². The molecule has 0 saturated heterocycles. The number of amides is 1. The van der Waals surface area contributed by atoms with E-state index in [1.807, 2.05) is 50.2 Å². The fraction of sp³-hybridized carbons (Fsp3) is 0.261. The highest BCUT2D eigenvalue weighted by Gasteiger charge is 2.34. The van der Waals surface area contributed by atoms with Crippen LogP contribution in [0.25, 0.3) is 5.69 Å². The first-order valence-corrected chi connectivity index (χ1v) is 10.8. The van der Waals surface area contributed by atoms with E-state index in [9.17, 15) is 9.59 Å². The van der Waals surface area contributed by atoms with Gasteiger partial charge in [0.2, 0.25) is 5.91 Å². The van der Waals surface area contributed by atoms with Gasteiger partial charge in [0.05, 0.1) is 41.7 Å². The topological polar surface area (TPSA) is 82.5 Å². The molecule has 4 rings (SSSR count). The van der Waals surface area contributed by atoms with Crippen molar-refractivity contribution in [2.45, 2.75) is 24.3 Å². The van der Waals surface area contributed by atoms with E-state index in [1.54, 1.807) is 35.7 Å². The minimum absolute atomic E-state index is 0.0745. The van der Waals surface area contributed by atoms with E-state index < -0.39 is 0 Å². The SMILES string of the molecule is COC(=O)c1ccc(C2SC(C)C(=O)Nc3c2c(C)nn3-c2ccc(OC)cc2)cc1. The van der Waals surface area contributed by atoms with Gasteiger partial charge in [-0.1, -0.05) is 12.1 Å². The molecule has 1 aromatic heterocycles. The van der Waals surface area contributed by atoms with Crippen LogP contribution in [-0.2, 0) is 9.53 Å². The molecule has 160 valence electrons. The summed E-state index contributed by atoms with van der Waals surface area (Å²) in [7, 11) is 2.98. The number of nitrogens with one attached hydrogen (secondary N) is 1. The van der Waals surface area contributed by atoms with E-state index in [4.69, 9.17) is 14.6 Å². The molecule has 2 heterocycles. The first-order chi connectivity index (χ1) is 14.9. The predicted octanol–water partition coefficient (Wildman–Crippen LogP) is 4.14. The molecule has 0 spiro atoms. The van der Waals surface area contributed by atoms with Gasteiger partial charge in [-0.15, -0.1) is 11.8 Å². The molecule has 3 aromatic rings. The summed E-state index contributed by atoms with van der Waals surface area (Å²) in [6.07, 6.45) is 0. The van der Waals surface area contributed by atoms with Crippen LogP contribution >= 0.6 is 11.8 Å². The normalized spacial score (nSPS) is 18.0. The molecule has 2 atom stereocenters. The summed E-state index contributed by atoms with van der Waals surface area (Å²) in [5.74, 6) is 0.950. The summed E-state index contributed by atoms with van der Waals surface area (Å²) >= 11 is 1.56. The third kappa shape index (κ3) is 3.90. The Morgan fingerprint density at radius 3 is 2.39 bits per heavy atom. The number of benzene rings is 2. The van der Waals surface area contributed by atoms with Crippen molar-refractivity contribution >= 4 is 29.5 Å². The summed E-state index contributed by atoms with van der Waals surface area (Å²) in [4.78, 5) is 24.6. The Bertz CT molecular complexity index is 1120. The number of anilines is 1. The van der Waals surface area contributed by atoms with Gasteiger partial charge in [-0.3, -0.25) is 4.79 Å². The Morgan fingerprint density at radius 1 is 1.10 bits per heavy atom. The number of fused-ring (bicyclic) bond motifs is 1. The van der Waals surface area contributed by atoms with E-state index in [0.29, 0.717) is 11.4 Å². The number of methoxy groups -OCH3 is 2. The van der Waals surface area contributed by atoms with Crippen LogP contribution in [0.5, 0.6) is 5.75 Å². The summed E-state index contributed by atoms with van der Waals surface area (Å²) in [5, 5.41) is 7.40. The third-order valence-corrected chi connectivity index (χ3v) is 6.67. The predicted molar refractivity (Wildman–Crippen MR) is 120 cm³/mol. The molecule has 0 fully saturated rings. The standard InChI is InChI=1S/C23H23N3O4S/c1-13-19-20(15-5-7-16(8-6-15)23(28)30-4)31-14(2)22(27)24-21(19)26(25-13)17-9-11-18(29-3)12-10-17/h5-12,14,20H,1-4H3,(H,24,27). The van der Waals surface area contributed by atoms with E-state index in [2.05, 4.69) is 5.32 Å². The Kier molecular flexibility index (Phi) is 5.73. The lowest BCUT2D eigenvalue weighted by atomic mass is 10.0. The molecular weight excluding hydrogens is 414 g/mol. The number of hydrogen-bond donors (Lipinski definition) is 1. The maximum atomic E-state index is 12.8. The molecule has 0 aliphatic carbocycles. The number of carbonyl (C=O) groups is 2. The van der Waals surface area contributed by atoms with Gasteiger partial charge < -0.3 is 14.8 Å². The number of ether oxygens (including phenoxy) is 2. The first-order valence-electron chi connectivity index (χ1n) is 9.81. The van der Waals surface area contributed by atoms with E-state index in [1.165, 1.54) is 7.11 Å². The molecule has 0 saturated carbocycles. The molecule has 31 heavy (non-hydrogen) atoms. The zero-order chi connectivity index (χ0) is 22.1. The minimum Gasteiger partial charge on any atom is -0.497 e. The van der Waals surface area contributed by atoms with Crippen LogP contribution in [0.2, 0.25) is 0 Å². The average molecular weight is 438 g/mol. The summed E-state index contributed by atoms with van der Waals surface area (Å²) < 4.78 is 11.8. The molecule has 2 unspecified atom stereocenters. The first kappa shape index (κ1) is 21.0. The van der Waals surface area contributed by atoms with Gasteiger partial charge in [-0.25, -0.2) is 9.48 Å². The van der Waals surface area contributed by atoms with Crippen LogP contribution in [0.3, 0.4) is 0 Å². The molecule has 8 heteroatoms. The maximum absolute atomic E-state index is 12.8. The lowest BCUT2D eigenvalue weighted by Gasteiger charge is -2.17. The van der Waals surface area contributed by atoms with E-state index in [-0.39, 0.29) is 22.4 Å². The number of hydrogen-bond acceptors (Lipinski definition) is 6. The summed E-state index contributed by atoms with van der Waals surface area (Å²) in [5.41, 5.74) is 4.07. The molecular formula is C23H23N3O4S. The van der Waals surface area contributed by atoms with Crippen LogP contribution in [0.15, 0.2) is 48.5 Å². The Hall–Kier alpha value is -3.26. The number of rotatable bonds is 4. The van der Waals surface area contributed by atoms with Crippen molar-refractivity contribution in [2.24, 2.45) is 0 Å². The van der Waals surface area contributed by atoms with Gasteiger partial charge in [-0.05, 0) is 55.8 Å². The number of carbonyl (C=O) groups excluding carboxylic acids is 2. The van der Waals surface area contributed by atoms with E-state index >= 15 is 0 Å². The Labute approximate surface area is 184 Å². The molecule has 2 aromatic carbocycles. The van der Waals surface area contributed by atoms with Crippen molar-refractivity contribution in [3.8, 4) is 11.4 Å². The zero-order valence-corrected chi connectivity index (χ0v) is 18.5. The van der Waals surface area contributed by atoms with Crippen molar-refractivity contribution in [2.75, 3.05) is 19.5 Å². The highest BCUT2D eigenvalue weighted by molar-refractivity contribution is 8.01. The number of esters is 1. The average Bonchev–Trinajstić information content (AvgIpc) is 3.04. The van der Waals surface area contributed by atoms with Crippen molar-refractivity contribution in [1.82, 2.24) is 9.78 Å². The molecule has 1 aliphatic rings. The quantitative estimate of drug-likeness (QED) is 0.618. The zero-order valence-electron chi connectivity index (χ0n) is 17.7. The largest absolute Gasteiger partial charge is 0.497 e. The summed E-state index contributed by atoms with van der Waals surface area (Å²) in [6, 6.07) is 14.8. The fourth-order valence-corrected chi connectivity index (χ4v) is 4.92. The van der Waals surface area contributed by atoms with Gasteiger partial charge in [0.25, 0.3) is 0 Å². The number of nitrogens with zero attached hydrogens (tertiary/aromatic N) is 2. The highest BCUT2D eigenvalue weighted by Crippen LogP contribution is 2.46. The monoisotopic (exact) mass is 437 g/mol. The molecule has 1 amide bonds. The van der Waals surface area contributed by atoms with Crippen LogP contribution < -0.4 is 10.1 Å². The van der Waals surface area contributed by atoms with Crippen LogP contribution in [0.4, 0.5) is 5.82 Å². The fourth-order valence-electron chi connectivity index (χ4n) is 3.59. The van der Waals surface area contributed by atoms with Crippen molar-refractivity contribution in [1.29, 1.82) is 0 Å². The van der Waals surface area contributed by atoms with Crippen LogP contribution in [-0.4, -0.2) is 41.1 Å². The molecule has 0 radical (unpaired) electrons. The number of aryl methyl sites for hydroxylation is 1. The smallest absolute Gasteiger partial charge is 0.337 e. The Balaban J connectivity index is 1.81. The van der Waals surface area contributed by atoms with E-state index in [0.717, 1.165) is 28.3 Å². The highest BCUT2D eigenvalue weighted by atomic mass is 32.2. The van der Waals surface area contributed by atoms with Crippen molar-refractivity contribution in [3.63, 3.8) is 0 Å². The lowest BCUT2D eigenvalue weighted by molar-refractivity contribution is -0.115.